The lowest BCUT2D eigenvalue weighted by molar-refractivity contribution is -0.142. The van der Waals surface area contributed by atoms with E-state index in [0.29, 0.717) is 11.1 Å². The van der Waals surface area contributed by atoms with E-state index in [1.165, 1.54) is 19.1 Å². The molecule has 0 bridgehead atoms. The summed E-state index contributed by atoms with van der Waals surface area (Å²) in [5.74, 6) is -7.27. The Hall–Kier alpha value is -7.50. The summed E-state index contributed by atoms with van der Waals surface area (Å²) in [7, 11) is 0. The molecule has 2 aromatic carbocycles. The van der Waals surface area contributed by atoms with Crippen LogP contribution in [-0.4, -0.2) is 131 Å². The average Bonchev–Trinajstić information content (AvgIpc) is 3.24. The molecule has 19 N–H and O–H groups in total. The summed E-state index contributed by atoms with van der Waals surface area (Å²) in [6, 6.07) is 7.66. The number of hydrogen-bond acceptors (Lipinski definition) is 12. The molecule has 0 unspecified atom stereocenters. The molecule has 67 heavy (non-hydrogen) atoms. The van der Waals surface area contributed by atoms with E-state index < -0.39 is 90.2 Å². The minimum atomic E-state index is -1.35. The van der Waals surface area contributed by atoms with E-state index in [1.807, 2.05) is 0 Å². The molecule has 24 nitrogen and oxygen atoms in total. The molecule has 0 aliphatic rings. The number of phenolic OH excluding ortho intramolecular Hbond substituents is 1. The summed E-state index contributed by atoms with van der Waals surface area (Å²) in [5.41, 5.74) is 18.0. The summed E-state index contributed by atoms with van der Waals surface area (Å²) in [5, 5.41) is 61.9. The lowest BCUT2D eigenvalue weighted by Crippen LogP contribution is -2.58. The number of aliphatic carboxylic acids is 2. The molecule has 0 fully saturated rings. The zero-order valence-corrected chi connectivity index (χ0v) is 38.1. The lowest BCUT2D eigenvalue weighted by Gasteiger charge is -2.27. The van der Waals surface area contributed by atoms with Crippen LogP contribution in [0.25, 0.3) is 0 Å². The van der Waals surface area contributed by atoms with Crippen molar-refractivity contribution in [2.45, 2.75) is 109 Å². The van der Waals surface area contributed by atoms with Crippen LogP contribution in [0.2, 0.25) is 0 Å². The molecular formula is C43H67N13O11. The molecule has 0 spiro atoms. The fourth-order valence-electron chi connectivity index (χ4n) is 6.09. The van der Waals surface area contributed by atoms with Gasteiger partial charge < -0.3 is 75.1 Å². The third kappa shape index (κ3) is 25.5. The van der Waals surface area contributed by atoms with Gasteiger partial charge in [0.2, 0.25) is 35.4 Å². The Morgan fingerprint density at radius 2 is 1.07 bits per heavy atom. The highest BCUT2D eigenvalue weighted by Gasteiger charge is 2.32. The second kappa shape index (κ2) is 30.6. The number of carboxylic acid groups (broad SMARTS) is 2. The Labute approximate surface area is 388 Å². The molecule has 370 valence electrons. The second-order valence-electron chi connectivity index (χ2n) is 15.9. The predicted octanol–water partition coefficient (Wildman–Crippen LogP) is -2.19. The van der Waals surface area contributed by atoms with E-state index in [-0.39, 0.29) is 81.6 Å². The highest BCUT2D eigenvalue weighted by atomic mass is 16.4. The number of carbonyl (C=O) groups excluding carboxylic acids is 6. The van der Waals surface area contributed by atoms with Crippen LogP contribution in [0.15, 0.2) is 54.6 Å². The van der Waals surface area contributed by atoms with Gasteiger partial charge in [0, 0.05) is 26.4 Å². The van der Waals surface area contributed by atoms with Gasteiger partial charge in [0.15, 0.2) is 11.9 Å². The van der Waals surface area contributed by atoms with Gasteiger partial charge in [-0.25, -0.2) is 4.79 Å². The van der Waals surface area contributed by atoms with Crippen LogP contribution < -0.4 is 59.7 Å². The first-order chi connectivity index (χ1) is 31.5. The summed E-state index contributed by atoms with van der Waals surface area (Å²) >= 11 is 0. The van der Waals surface area contributed by atoms with Crippen LogP contribution in [0.1, 0.15) is 70.9 Å². The average molecular weight is 942 g/mol. The van der Waals surface area contributed by atoms with Gasteiger partial charge in [-0.05, 0) is 74.6 Å². The van der Waals surface area contributed by atoms with E-state index >= 15 is 0 Å². The number of guanidine groups is 2. The van der Waals surface area contributed by atoms with E-state index in [0.717, 1.165) is 6.92 Å². The minimum absolute atomic E-state index is 0.00819. The van der Waals surface area contributed by atoms with Gasteiger partial charge in [-0.2, -0.15) is 0 Å². The first kappa shape index (κ1) is 57.5. The number of nitrogens with one attached hydrogen (secondary N) is 10. The molecule has 0 saturated carbocycles. The fraction of sp³-hybridized carbons (Fsp3) is 0.488. The summed E-state index contributed by atoms with van der Waals surface area (Å²) < 4.78 is 0. The van der Waals surface area contributed by atoms with Crippen molar-refractivity contribution in [3.8, 4) is 5.75 Å². The van der Waals surface area contributed by atoms with Crippen LogP contribution >= 0.6 is 0 Å². The molecule has 0 aliphatic heterocycles. The molecule has 6 amide bonds. The molecule has 0 aromatic heterocycles. The van der Waals surface area contributed by atoms with Gasteiger partial charge in [0.25, 0.3) is 5.97 Å². The zero-order valence-electron chi connectivity index (χ0n) is 38.1. The molecule has 2 aromatic rings. The molecule has 0 heterocycles. The molecule has 24 heteroatoms. The highest BCUT2D eigenvalue weighted by molar-refractivity contribution is 5.96. The zero-order chi connectivity index (χ0) is 50.6. The minimum Gasteiger partial charge on any atom is -0.508 e. The van der Waals surface area contributed by atoms with Crippen LogP contribution in [0.5, 0.6) is 5.75 Å². The van der Waals surface area contributed by atoms with Crippen molar-refractivity contribution in [3.05, 3.63) is 65.7 Å². The molecule has 0 saturated heterocycles. The standard InChI is InChI=1S/C41H63N13O9.C2H4O2/c1-23(2)19-31(37(60)52-29(11-7-17-47-40(43)44)36(59)53-30(39(62)63)12-8-18-48-41(45)46)54-38(61)32(21-25-9-5-4-6-10-25)51-33(56)22-49-34(57)24(3)50-35(58)28(42)20-26-13-15-27(55)16-14-26;1-2(3)4/h4-6,9-10,13-16,23-24,28-32,55H,7-8,11-12,17-22,42H2,1-3H3,(H,49,57)(H,50,58)(H,51,56)(H,52,60)(H,53,59)(H,54,61)(H,62,63)(H4,43,44,47)(H4,45,46,48);1H3,(H,3,4)/t24-,28+,29+,30+,31+,32+;/m1./s1. The number of benzene rings is 2. The first-order valence-corrected chi connectivity index (χ1v) is 21.4. The summed E-state index contributed by atoms with van der Waals surface area (Å²) in [6.07, 6.45) is 0.656. The van der Waals surface area contributed by atoms with E-state index in [9.17, 15) is 43.8 Å². The highest BCUT2D eigenvalue weighted by Crippen LogP contribution is 2.12. The number of nitrogens with two attached hydrogens (primary N) is 3. The summed E-state index contributed by atoms with van der Waals surface area (Å²) in [6.45, 7) is 5.87. The SMILES string of the molecule is CC(=O)O.CC(C)C[C@H](NC(=O)[C@H](Cc1ccccc1)NC(=O)CNC(=O)[C@@H](C)NC(=O)[C@@H](N)Cc1ccc(O)cc1)C(=O)N[C@@H](CCCNC(=N)N)C(=O)N[C@@H](CCCNC(=N)N)C(=O)O. The lowest BCUT2D eigenvalue weighted by atomic mass is 10.00. The number of hydrogen-bond donors (Lipinski definition) is 16. The van der Waals surface area contributed by atoms with Crippen molar-refractivity contribution in [2.24, 2.45) is 23.1 Å². The Balaban J connectivity index is 0.00000538. The molecule has 0 aliphatic carbocycles. The Morgan fingerprint density at radius 3 is 1.60 bits per heavy atom. The number of aromatic hydroxyl groups is 1. The topological polar surface area (TPSA) is 419 Å². The van der Waals surface area contributed by atoms with Crippen LogP contribution in [0.3, 0.4) is 0 Å². The van der Waals surface area contributed by atoms with Crippen molar-refractivity contribution in [3.63, 3.8) is 0 Å². The fourth-order valence-corrected chi connectivity index (χ4v) is 6.09. The molecule has 0 radical (unpaired) electrons. The van der Waals surface area contributed by atoms with Gasteiger partial charge >= 0.3 is 5.97 Å². The predicted molar refractivity (Wildman–Crippen MR) is 247 cm³/mol. The second-order valence-corrected chi connectivity index (χ2v) is 15.9. The third-order valence-corrected chi connectivity index (χ3v) is 9.40. The van der Waals surface area contributed by atoms with Gasteiger partial charge in [-0.1, -0.05) is 56.3 Å². The maximum Gasteiger partial charge on any atom is 0.326 e. The number of rotatable bonds is 27. The normalized spacial score (nSPS) is 13.2. The number of amides is 6. The van der Waals surface area contributed by atoms with Crippen molar-refractivity contribution in [2.75, 3.05) is 19.6 Å². The summed E-state index contributed by atoms with van der Waals surface area (Å²) in [4.78, 5) is 101. The van der Waals surface area contributed by atoms with Gasteiger partial charge in [-0.3, -0.25) is 44.4 Å². The quantitative estimate of drug-likeness (QED) is 0.0257. The largest absolute Gasteiger partial charge is 0.508 e. The maximum atomic E-state index is 14.0. The Morgan fingerprint density at radius 1 is 0.597 bits per heavy atom. The number of carbonyl (C=O) groups is 8. The van der Waals surface area contributed by atoms with Crippen molar-refractivity contribution in [1.29, 1.82) is 10.8 Å². The van der Waals surface area contributed by atoms with Crippen LogP contribution in [-0.2, 0) is 51.2 Å². The van der Waals surface area contributed by atoms with Crippen molar-refractivity contribution in [1.82, 2.24) is 42.5 Å². The van der Waals surface area contributed by atoms with Crippen molar-refractivity contribution < 1.29 is 53.7 Å². The van der Waals surface area contributed by atoms with Crippen LogP contribution in [0.4, 0.5) is 0 Å². The van der Waals surface area contributed by atoms with Gasteiger partial charge in [0.05, 0.1) is 12.6 Å². The number of phenols is 1. The monoisotopic (exact) mass is 942 g/mol. The molecular weight excluding hydrogens is 875 g/mol. The van der Waals surface area contributed by atoms with Crippen molar-refractivity contribution >= 4 is 59.3 Å². The molecule has 6 atom stereocenters. The Kier molecular flexibility index (Phi) is 26.3. The Bertz CT molecular complexity index is 1970. The maximum absolute atomic E-state index is 14.0. The van der Waals surface area contributed by atoms with E-state index in [1.54, 1.807) is 56.3 Å². The van der Waals surface area contributed by atoms with Gasteiger partial charge in [-0.15, -0.1) is 0 Å². The van der Waals surface area contributed by atoms with E-state index in [4.69, 9.17) is 37.9 Å². The smallest absolute Gasteiger partial charge is 0.326 e. The third-order valence-electron chi connectivity index (χ3n) is 9.40. The first-order valence-electron chi connectivity index (χ1n) is 21.4. The number of carboxylic acids is 2. The van der Waals surface area contributed by atoms with Crippen LogP contribution in [0, 0.1) is 16.7 Å². The van der Waals surface area contributed by atoms with Gasteiger partial charge in [0.1, 0.15) is 36.0 Å². The van der Waals surface area contributed by atoms with E-state index in [2.05, 4.69) is 42.5 Å². The molecule has 2 rings (SSSR count).